The molecule has 0 fully saturated rings. The summed E-state index contributed by atoms with van der Waals surface area (Å²) in [6, 6.07) is 9.98. The Kier molecular flexibility index (Phi) is 7.18. The lowest BCUT2D eigenvalue weighted by atomic mass is 10.2. The number of ether oxygens (including phenoxy) is 2. The van der Waals surface area contributed by atoms with E-state index in [9.17, 15) is 27.6 Å². The maximum absolute atomic E-state index is 12.5. The summed E-state index contributed by atoms with van der Waals surface area (Å²) < 4.78 is 47.1. The molecule has 2 N–H and O–H groups in total. The Hall–Kier alpha value is -3.56. The lowest BCUT2D eigenvalue weighted by molar-refractivity contribution is -0.146. The summed E-state index contributed by atoms with van der Waals surface area (Å²) in [5.74, 6) is -1.53. The summed E-state index contributed by atoms with van der Waals surface area (Å²) in [7, 11) is 1.48. The van der Waals surface area contributed by atoms with Gasteiger partial charge < -0.3 is 20.1 Å². The molecule has 29 heavy (non-hydrogen) atoms. The van der Waals surface area contributed by atoms with Crippen LogP contribution in [0.4, 0.5) is 18.9 Å². The monoisotopic (exact) mass is 410 g/mol. The van der Waals surface area contributed by atoms with Crippen LogP contribution in [0.5, 0.6) is 5.75 Å². The van der Waals surface area contributed by atoms with Crippen molar-refractivity contribution in [2.24, 2.45) is 0 Å². The van der Waals surface area contributed by atoms with Gasteiger partial charge in [-0.25, -0.2) is 0 Å². The second kappa shape index (κ2) is 9.58. The number of halogens is 3. The Morgan fingerprint density at radius 3 is 2.14 bits per heavy atom. The minimum atomic E-state index is -4.48. The molecule has 0 radical (unpaired) electrons. The summed E-state index contributed by atoms with van der Waals surface area (Å²) in [4.78, 5) is 35.2. The Balaban J connectivity index is 1.74. The van der Waals surface area contributed by atoms with Gasteiger partial charge in [0.15, 0.2) is 6.61 Å². The van der Waals surface area contributed by atoms with Crippen molar-refractivity contribution < 1.29 is 37.0 Å². The predicted octanol–water partition coefficient (Wildman–Crippen LogP) is 2.63. The van der Waals surface area contributed by atoms with Gasteiger partial charge in [0.1, 0.15) is 12.3 Å². The fourth-order valence-electron chi connectivity index (χ4n) is 2.13. The summed E-state index contributed by atoms with van der Waals surface area (Å²) in [6.07, 6.45) is -4.48. The number of rotatable bonds is 7. The molecule has 154 valence electrons. The zero-order valence-corrected chi connectivity index (χ0v) is 15.2. The van der Waals surface area contributed by atoms with Crippen LogP contribution in [0.3, 0.4) is 0 Å². The van der Waals surface area contributed by atoms with E-state index in [2.05, 4.69) is 10.6 Å². The maximum atomic E-state index is 12.5. The minimum Gasteiger partial charge on any atom is -0.497 e. The van der Waals surface area contributed by atoms with E-state index in [-0.39, 0.29) is 5.69 Å². The molecule has 2 aromatic carbocycles. The topological polar surface area (TPSA) is 93.7 Å². The molecule has 0 aliphatic heterocycles. The quantitative estimate of drug-likeness (QED) is 0.685. The van der Waals surface area contributed by atoms with E-state index in [0.717, 1.165) is 24.3 Å². The van der Waals surface area contributed by atoms with Crippen molar-refractivity contribution in [1.82, 2.24) is 5.32 Å². The van der Waals surface area contributed by atoms with Gasteiger partial charge in [-0.2, -0.15) is 13.2 Å². The largest absolute Gasteiger partial charge is 0.497 e. The van der Waals surface area contributed by atoms with Gasteiger partial charge in [0.05, 0.1) is 12.7 Å². The van der Waals surface area contributed by atoms with Gasteiger partial charge in [0, 0.05) is 11.3 Å². The SMILES string of the molecule is COc1ccc(C(=O)NCC(=O)OCC(=O)Nc2ccc(C(F)(F)F)cc2)cc1. The third-order valence-electron chi connectivity index (χ3n) is 3.61. The number of methoxy groups -OCH3 is 1. The van der Waals surface area contributed by atoms with Gasteiger partial charge in [-0.05, 0) is 48.5 Å². The van der Waals surface area contributed by atoms with E-state index in [1.54, 1.807) is 12.1 Å². The molecule has 2 rings (SSSR count). The van der Waals surface area contributed by atoms with Crippen LogP contribution in [0.15, 0.2) is 48.5 Å². The first-order valence-corrected chi connectivity index (χ1v) is 8.24. The van der Waals surface area contributed by atoms with Crippen LogP contribution in [-0.2, 0) is 20.5 Å². The molecule has 0 unspecified atom stereocenters. The lowest BCUT2D eigenvalue weighted by Gasteiger charge is -2.09. The van der Waals surface area contributed by atoms with Crippen LogP contribution in [0.25, 0.3) is 0 Å². The number of carbonyl (C=O) groups is 3. The Labute approximate surface area is 163 Å². The highest BCUT2D eigenvalue weighted by Crippen LogP contribution is 2.29. The highest BCUT2D eigenvalue weighted by molar-refractivity contribution is 5.96. The molecule has 0 aliphatic rings. The Bertz CT molecular complexity index is 865. The molecule has 0 saturated carbocycles. The average Bonchev–Trinajstić information content (AvgIpc) is 2.70. The van der Waals surface area contributed by atoms with Crippen molar-refractivity contribution in [2.75, 3.05) is 25.6 Å². The van der Waals surface area contributed by atoms with Gasteiger partial charge >= 0.3 is 12.1 Å². The van der Waals surface area contributed by atoms with E-state index >= 15 is 0 Å². The second-order valence-corrected chi connectivity index (χ2v) is 5.70. The average molecular weight is 410 g/mol. The van der Waals surface area contributed by atoms with Gasteiger partial charge in [-0.3, -0.25) is 14.4 Å². The zero-order chi connectivity index (χ0) is 21.4. The molecule has 10 heteroatoms. The molecule has 7 nitrogen and oxygen atoms in total. The molecule has 0 aliphatic carbocycles. The summed E-state index contributed by atoms with van der Waals surface area (Å²) in [6.45, 7) is -1.11. The third kappa shape index (κ3) is 6.83. The fraction of sp³-hybridized carbons (Fsp3) is 0.211. The number of amides is 2. The summed E-state index contributed by atoms with van der Waals surface area (Å²) >= 11 is 0. The van der Waals surface area contributed by atoms with Gasteiger partial charge in [-0.1, -0.05) is 0 Å². The smallest absolute Gasteiger partial charge is 0.416 e. The van der Waals surface area contributed by atoms with Crippen molar-refractivity contribution in [1.29, 1.82) is 0 Å². The first-order chi connectivity index (χ1) is 13.7. The Morgan fingerprint density at radius 2 is 1.59 bits per heavy atom. The van der Waals surface area contributed by atoms with Crippen LogP contribution >= 0.6 is 0 Å². The number of nitrogens with one attached hydrogen (secondary N) is 2. The fourth-order valence-corrected chi connectivity index (χ4v) is 2.13. The number of hydrogen-bond donors (Lipinski definition) is 2. The number of esters is 1. The summed E-state index contributed by atoms with van der Waals surface area (Å²) in [5.41, 5.74) is -0.431. The third-order valence-corrected chi connectivity index (χ3v) is 3.61. The van der Waals surface area contributed by atoms with Gasteiger partial charge in [0.25, 0.3) is 11.8 Å². The van der Waals surface area contributed by atoms with E-state index < -0.39 is 42.7 Å². The van der Waals surface area contributed by atoms with Crippen LogP contribution in [-0.4, -0.2) is 38.0 Å². The van der Waals surface area contributed by atoms with E-state index in [1.165, 1.54) is 19.2 Å². The lowest BCUT2D eigenvalue weighted by Crippen LogP contribution is -2.32. The highest BCUT2D eigenvalue weighted by Gasteiger charge is 2.30. The standard InChI is InChI=1S/C19H17F3N2O5/c1-28-15-8-2-12(3-9-15)18(27)23-10-17(26)29-11-16(25)24-14-6-4-13(5-7-14)19(20,21)22/h2-9H,10-11H2,1H3,(H,23,27)(H,24,25). The molecule has 2 aromatic rings. The number of hydrogen-bond acceptors (Lipinski definition) is 5. The Morgan fingerprint density at radius 1 is 0.966 bits per heavy atom. The molecule has 0 bridgehead atoms. The molecule has 0 atom stereocenters. The van der Waals surface area contributed by atoms with Crippen molar-refractivity contribution in [2.45, 2.75) is 6.18 Å². The number of alkyl halides is 3. The van der Waals surface area contributed by atoms with E-state index in [1.807, 2.05) is 0 Å². The van der Waals surface area contributed by atoms with Crippen LogP contribution < -0.4 is 15.4 Å². The molecule has 0 spiro atoms. The second-order valence-electron chi connectivity index (χ2n) is 5.70. The normalized spacial score (nSPS) is 10.8. The molecular formula is C19H17F3N2O5. The van der Waals surface area contributed by atoms with Crippen LogP contribution in [0.2, 0.25) is 0 Å². The molecular weight excluding hydrogens is 393 g/mol. The zero-order valence-electron chi connectivity index (χ0n) is 15.2. The number of anilines is 1. The van der Waals surface area contributed by atoms with Crippen LogP contribution in [0, 0.1) is 0 Å². The predicted molar refractivity (Wildman–Crippen MR) is 96.4 cm³/mol. The highest BCUT2D eigenvalue weighted by atomic mass is 19.4. The molecule has 0 saturated heterocycles. The van der Waals surface area contributed by atoms with Crippen molar-refractivity contribution in [3.05, 3.63) is 59.7 Å². The maximum Gasteiger partial charge on any atom is 0.416 e. The van der Waals surface area contributed by atoms with E-state index in [0.29, 0.717) is 11.3 Å². The van der Waals surface area contributed by atoms with Crippen LogP contribution in [0.1, 0.15) is 15.9 Å². The molecule has 2 amide bonds. The summed E-state index contributed by atoms with van der Waals surface area (Å²) in [5, 5.41) is 4.63. The first kappa shape index (κ1) is 21.7. The van der Waals surface area contributed by atoms with Gasteiger partial charge in [0.2, 0.25) is 0 Å². The van der Waals surface area contributed by atoms with Crippen molar-refractivity contribution in [3.63, 3.8) is 0 Å². The van der Waals surface area contributed by atoms with Crippen molar-refractivity contribution in [3.8, 4) is 5.75 Å². The molecule has 0 aromatic heterocycles. The number of benzene rings is 2. The van der Waals surface area contributed by atoms with Crippen molar-refractivity contribution >= 4 is 23.5 Å². The van der Waals surface area contributed by atoms with E-state index in [4.69, 9.17) is 9.47 Å². The first-order valence-electron chi connectivity index (χ1n) is 8.24. The number of carbonyl (C=O) groups excluding carboxylic acids is 3. The van der Waals surface area contributed by atoms with Gasteiger partial charge in [-0.15, -0.1) is 0 Å². The molecule has 0 heterocycles. The minimum absolute atomic E-state index is 0.117.